The van der Waals surface area contributed by atoms with Gasteiger partial charge in [0.25, 0.3) is 5.91 Å². The SMILES string of the molecule is CCc1ccc(CN2CCc3c(C(=O)NCCC4CCCN4)csc3C2)nc1. The molecular weight excluding hydrogens is 368 g/mol. The van der Waals surface area contributed by atoms with Gasteiger partial charge in [0.15, 0.2) is 0 Å². The molecule has 2 N–H and O–H groups in total. The molecule has 0 bridgehead atoms. The molecule has 4 heterocycles. The fourth-order valence-corrected chi connectivity index (χ4v) is 5.27. The Morgan fingerprint density at radius 1 is 1.43 bits per heavy atom. The van der Waals surface area contributed by atoms with E-state index >= 15 is 0 Å². The molecule has 150 valence electrons. The summed E-state index contributed by atoms with van der Waals surface area (Å²) in [6.07, 6.45) is 7.46. The predicted octanol–water partition coefficient (Wildman–Crippen LogP) is 3.14. The minimum atomic E-state index is 0.0979. The zero-order chi connectivity index (χ0) is 19.3. The summed E-state index contributed by atoms with van der Waals surface area (Å²) < 4.78 is 0. The van der Waals surface area contributed by atoms with Gasteiger partial charge in [-0.3, -0.25) is 14.7 Å². The Kier molecular flexibility index (Phi) is 6.40. The highest BCUT2D eigenvalue weighted by Crippen LogP contribution is 2.29. The first-order valence-corrected chi connectivity index (χ1v) is 11.4. The van der Waals surface area contributed by atoms with Crippen LogP contribution in [0.1, 0.15) is 58.2 Å². The first-order chi connectivity index (χ1) is 13.7. The Morgan fingerprint density at radius 3 is 3.11 bits per heavy atom. The van der Waals surface area contributed by atoms with E-state index in [4.69, 9.17) is 0 Å². The largest absolute Gasteiger partial charge is 0.352 e. The number of pyridine rings is 1. The van der Waals surface area contributed by atoms with E-state index < -0.39 is 0 Å². The van der Waals surface area contributed by atoms with E-state index in [0.29, 0.717) is 6.04 Å². The van der Waals surface area contributed by atoms with E-state index in [9.17, 15) is 4.79 Å². The van der Waals surface area contributed by atoms with Crippen LogP contribution in [-0.2, 0) is 25.9 Å². The lowest BCUT2D eigenvalue weighted by Gasteiger charge is -2.27. The van der Waals surface area contributed by atoms with Crippen LogP contribution in [0, 0.1) is 0 Å². The van der Waals surface area contributed by atoms with Crippen molar-refractivity contribution in [2.24, 2.45) is 0 Å². The number of nitrogens with zero attached hydrogens (tertiary/aromatic N) is 2. The van der Waals surface area contributed by atoms with E-state index in [0.717, 1.165) is 63.2 Å². The summed E-state index contributed by atoms with van der Waals surface area (Å²) in [7, 11) is 0. The van der Waals surface area contributed by atoms with Gasteiger partial charge in [0.2, 0.25) is 0 Å². The lowest BCUT2D eigenvalue weighted by molar-refractivity contribution is 0.0951. The van der Waals surface area contributed by atoms with Gasteiger partial charge in [-0.1, -0.05) is 13.0 Å². The Labute approximate surface area is 171 Å². The van der Waals surface area contributed by atoms with Crippen LogP contribution < -0.4 is 10.6 Å². The van der Waals surface area contributed by atoms with Gasteiger partial charge in [0, 0.05) is 48.7 Å². The summed E-state index contributed by atoms with van der Waals surface area (Å²) in [6.45, 7) is 6.79. The first kappa shape index (κ1) is 19.6. The summed E-state index contributed by atoms with van der Waals surface area (Å²) in [4.78, 5) is 21.0. The summed E-state index contributed by atoms with van der Waals surface area (Å²) in [5.74, 6) is 0.0979. The second-order valence-electron chi connectivity index (χ2n) is 7.86. The van der Waals surface area contributed by atoms with Crippen molar-refractivity contribution in [2.45, 2.75) is 58.2 Å². The molecule has 0 radical (unpaired) electrons. The number of amides is 1. The second-order valence-corrected chi connectivity index (χ2v) is 8.83. The maximum absolute atomic E-state index is 12.6. The lowest BCUT2D eigenvalue weighted by atomic mass is 10.0. The third kappa shape index (κ3) is 4.62. The molecule has 0 saturated carbocycles. The molecule has 1 amide bonds. The number of rotatable bonds is 7. The Hall–Kier alpha value is -1.76. The van der Waals surface area contributed by atoms with E-state index in [1.54, 1.807) is 11.3 Å². The number of hydrogen-bond acceptors (Lipinski definition) is 5. The average Bonchev–Trinajstić information content (AvgIpc) is 3.38. The molecule has 0 aromatic carbocycles. The van der Waals surface area contributed by atoms with Crippen LogP contribution in [0.25, 0.3) is 0 Å². The fraction of sp³-hybridized carbons (Fsp3) is 0.545. The van der Waals surface area contributed by atoms with Gasteiger partial charge in [0.1, 0.15) is 0 Å². The molecule has 28 heavy (non-hydrogen) atoms. The average molecular weight is 399 g/mol. The maximum Gasteiger partial charge on any atom is 0.252 e. The van der Waals surface area contributed by atoms with Gasteiger partial charge in [-0.2, -0.15) is 0 Å². The van der Waals surface area contributed by atoms with Gasteiger partial charge in [-0.25, -0.2) is 0 Å². The molecule has 2 aliphatic heterocycles. The van der Waals surface area contributed by atoms with E-state index in [2.05, 4.69) is 39.6 Å². The summed E-state index contributed by atoms with van der Waals surface area (Å²) in [6, 6.07) is 4.89. The minimum Gasteiger partial charge on any atom is -0.352 e. The molecule has 0 aliphatic carbocycles. The highest BCUT2D eigenvalue weighted by atomic mass is 32.1. The van der Waals surface area contributed by atoms with Crippen molar-refractivity contribution in [3.8, 4) is 0 Å². The standard InChI is InChI=1S/C22H30N4OS/c1-2-16-5-6-18(25-12-16)13-26-11-8-19-20(15-28-21(19)14-26)22(27)24-10-7-17-4-3-9-23-17/h5-6,12,15,17,23H,2-4,7-11,13-14H2,1H3,(H,24,27). The van der Waals surface area contributed by atoms with Crippen LogP contribution in [0.5, 0.6) is 0 Å². The maximum atomic E-state index is 12.6. The number of fused-ring (bicyclic) bond motifs is 1. The molecule has 5 nitrogen and oxygen atoms in total. The molecule has 1 saturated heterocycles. The Morgan fingerprint density at radius 2 is 2.36 bits per heavy atom. The molecule has 2 aromatic heterocycles. The van der Waals surface area contributed by atoms with Crippen LogP contribution in [-0.4, -0.2) is 41.5 Å². The molecule has 6 heteroatoms. The lowest BCUT2D eigenvalue weighted by Crippen LogP contribution is -2.33. The quantitative estimate of drug-likeness (QED) is 0.752. The first-order valence-electron chi connectivity index (χ1n) is 10.5. The van der Waals surface area contributed by atoms with Crippen LogP contribution in [0.3, 0.4) is 0 Å². The molecule has 1 unspecified atom stereocenters. The molecule has 2 aliphatic rings. The number of nitrogens with one attached hydrogen (secondary N) is 2. The molecule has 1 fully saturated rings. The molecule has 2 aromatic rings. The number of hydrogen-bond donors (Lipinski definition) is 2. The topological polar surface area (TPSA) is 57.3 Å². The van der Waals surface area contributed by atoms with Crippen molar-refractivity contribution in [2.75, 3.05) is 19.6 Å². The van der Waals surface area contributed by atoms with E-state index in [-0.39, 0.29) is 5.91 Å². The Balaban J connectivity index is 1.31. The number of thiophene rings is 1. The van der Waals surface area contributed by atoms with Crippen LogP contribution in [0.4, 0.5) is 0 Å². The zero-order valence-corrected chi connectivity index (χ0v) is 17.5. The van der Waals surface area contributed by atoms with Crippen molar-refractivity contribution in [1.82, 2.24) is 20.5 Å². The van der Waals surface area contributed by atoms with Crippen molar-refractivity contribution >= 4 is 17.2 Å². The van der Waals surface area contributed by atoms with E-state index in [1.807, 2.05) is 11.6 Å². The van der Waals surface area contributed by atoms with Crippen LogP contribution in [0.15, 0.2) is 23.7 Å². The molecule has 0 spiro atoms. The highest BCUT2D eigenvalue weighted by molar-refractivity contribution is 7.10. The van der Waals surface area contributed by atoms with Gasteiger partial charge < -0.3 is 10.6 Å². The van der Waals surface area contributed by atoms with Crippen LogP contribution in [0.2, 0.25) is 0 Å². The third-order valence-corrected chi connectivity index (χ3v) is 6.90. The van der Waals surface area contributed by atoms with Gasteiger partial charge >= 0.3 is 0 Å². The normalized spacial score (nSPS) is 19.5. The van der Waals surface area contributed by atoms with Crippen molar-refractivity contribution < 1.29 is 4.79 Å². The summed E-state index contributed by atoms with van der Waals surface area (Å²) in [5, 5.41) is 8.66. The monoisotopic (exact) mass is 398 g/mol. The predicted molar refractivity (Wildman–Crippen MR) is 114 cm³/mol. The van der Waals surface area contributed by atoms with E-state index in [1.165, 1.54) is 28.8 Å². The van der Waals surface area contributed by atoms with Gasteiger partial charge in [-0.05, 0) is 55.8 Å². The van der Waals surface area contributed by atoms with Crippen molar-refractivity contribution in [1.29, 1.82) is 0 Å². The minimum absolute atomic E-state index is 0.0979. The van der Waals surface area contributed by atoms with Gasteiger partial charge in [0.05, 0.1) is 11.3 Å². The number of carbonyl (C=O) groups excluding carboxylic acids is 1. The molecule has 1 atom stereocenters. The number of aryl methyl sites for hydroxylation is 1. The smallest absolute Gasteiger partial charge is 0.252 e. The zero-order valence-electron chi connectivity index (χ0n) is 16.7. The van der Waals surface area contributed by atoms with Crippen molar-refractivity contribution in [3.63, 3.8) is 0 Å². The number of aromatic nitrogens is 1. The summed E-state index contributed by atoms with van der Waals surface area (Å²) >= 11 is 1.72. The van der Waals surface area contributed by atoms with Gasteiger partial charge in [-0.15, -0.1) is 11.3 Å². The number of carbonyl (C=O) groups is 1. The molecule has 4 rings (SSSR count). The fourth-order valence-electron chi connectivity index (χ4n) is 4.15. The summed E-state index contributed by atoms with van der Waals surface area (Å²) in [5.41, 5.74) is 4.55. The van der Waals surface area contributed by atoms with Crippen LogP contribution >= 0.6 is 11.3 Å². The van der Waals surface area contributed by atoms with Crippen molar-refractivity contribution in [3.05, 3.63) is 51.0 Å². The molecular formula is C22H30N4OS. The highest BCUT2D eigenvalue weighted by Gasteiger charge is 2.24. The second kappa shape index (κ2) is 9.16. The third-order valence-electron chi connectivity index (χ3n) is 5.89. The Bertz CT molecular complexity index is 795.